The first-order valence-corrected chi connectivity index (χ1v) is 8.57. The molecule has 1 aromatic carbocycles. The number of nitrogens with zero attached hydrogens (tertiary/aromatic N) is 1. The highest BCUT2D eigenvalue weighted by Crippen LogP contribution is 2.27. The highest BCUT2D eigenvalue weighted by atomic mass is 32.2. The molecule has 0 radical (unpaired) electrons. The van der Waals surface area contributed by atoms with E-state index in [9.17, 15) is 8.42 Å². The van der Waals surface area contributed by atoms with Gasteiger partial charge in [0.1, 0.15) is 4.90 Å². The largest absolute Gasteiger partial charge is 0.370 e. The Bertz CT molecular complexity index is 537. The molecule has 0 saturated carbocycles. The van der Waals surface area contributed by atoms with Gasteiger partial charge in [0, 0.05) is 19.1 Å². The van der Waals surface area contributed by atoms with E-state index in [1.165, 1.54) is 7.05 Å². The Morgan fingerprint density at radius 2 is 1.90 bits per heavy atom. The minimum atomic E-state index is -3.41. The highest BCUT2D eigenvalue weighted by molar-refractivity contribution is 7.89. The molecule has 2 N–H and O–H groups in total. The number of piperidine rings is 1. The maximum atomic E-state index is 12.1. The normalized spacial score (nSPS) is 17.4. The van der Waals surface area contributed by atoms with Gasteiger partial charge in [0.2, 0.25) is 10.0 Å². The van der Waals surface area contributed by atoms with Crippen LogP contribution in [0.25, 0.3) is 0 Å². The van der Waals surface area contributed by atoms with Crippen LogP contribution in [0.15, 0.2) is 29.2 Å². The number of hydrogen-bond acceptors (Lipinski definition) is 4. The molecule has 112 valence electrons. The van der Waals surface area contributed by atoms with Gasteiger partial charge in [-0.2, -0.15) is 0 Å². The number of para-hydroxylation sites is 1. The summed E-state index contributed by atoms with van der Waals surface area (Å²) in [5.74, 6) is 0. The quantitative estimate of drug-likeness (QED) is 0.856. The molecule has 20 heavy (non-hydrogen) atoms. The third-order valence-corrected chi connectivity index (χ3v) is 5.21. The summed E-state index contributed by atoms with van der Waals surface area (Å²) in [6, 6.07) is 7.75. The lowest BCUT2D eigenvalue weighted by Crippen LogP contribution is -2.43. The summed E-state index contributed by atoms with van der Waals surface area (Å²) < 4.78 is 26.6. The van der Waals surface area contributed by atoms with Crippen molar-refractivity contribution >= 4 is 15.7 Å². The third kappa shape index (κ3) is 3.31. The fourth-order valence-corrected chi connectivity index (χ4v) is 3.62. The van der Waals surface area contributed by atoms with E-state index in [0.29, 0.717) is 10.9 Å². The third-order valence-electron chi connectivity index (χ3n) is 3.75. The molecule has 0 aromatic heterocycles. The number of sulfonamides is 1. The van der Waals surface area contributed by atoms with E-state index in [4.69, 9.17) is 0 Å². The Morgan fingerprint density at radius 1 is 1.25 bits per heavy atom. The Balaban J connectivity index is 2.19. The molecule has 1 fully saturated rings. The predicted octanol–water partition coefficient (Wildman–Crippen LogP) is 1.17. The Labute approximate surface area is 121 Å². The van der Waals surface area contributed by atoms with Crippen molar-refractivity contribution in [2.24, 2.45) is 0 Å². The molecule has 0 unspecified atom stereocenters. The minimum Gasteiger partial charge on any atom is -0.370 e. The fourth-order valence-electron chi connectivity index (χ4n) is 2.67. The average Bonchev–Trinajstić information content (AvgIpc) is 2.48. The van der Waals surface area contributed by atoms with Gasteiger partial charge in [-0.25, -0.2) is 13.1 Å². The van der Waals surface area contributed by atoms with E-state index >= 15 is 0 Å². The first-order valence-electron chi connectivity index (χ1n) is 7.09. The van der Waals surface area contributed by atoms with Gasteiger partial charge in [0.25, 0.3) is 0 Å². The van der Waals surface area contributed by atoms with E-state index in [-0.39, 0.29) is 0 Å². The molecule has 0 aliphatic carbocycles. The Morgan fingerprint density at radius 3 is 2.50 bits per heavy atom. The first-order chi connectivity index (χ1) is 9.58. The van der Waals surface area contributed by atoms with Crippen molar-refractivity contribution in [2.45, 2.75) is 30.7 Å². The standard InChI is InChI=1S/C14H23N3O2S/c1-3-16-12-8-10-17(11-9-12)13-6-4-5-7-14(13)20(18,19)15-2/h4-7,12,15-16H,3,8-11H2,1-2H3. The van der Waals surface area contributed by atoms with Crippen LogP contribution >= 0.6 is 0 Å². The van der Waals surface area contributed by atoms with Gasteiger partial charge in [0.05, 0.1) is 5.69 Å². The van der Waals surface area contributed by atoms with E-state index in [2.05, 4.69) is 21.9 Å². The maximum Gasteiger partial charge on any atom is 0.242 e. The molecule has 0 atom stereocenters. The van der Waals surface area contributed by atoms with Gasteiger partial charge < -0.3 is 10.2 Å². The van der Waals surface area contributed by atoms with Crippen molar-refractivity contribution in [3.63, 3.8) is 0 Å². The van der Waals surface area contributed by atoms with Crippen LogP contribution < -0.4 is 14.9 Å². The van der Waals surface area contributed by atoms with Gasteiger partial charge >= 0.3 is 0 Å². The summed E-state index contributed by atoms with van der Waals surface area (Å²) in [5, 5.41) is 3.46. The van der Waals surface area contributed by atoms with E-state index in [0.717, 1.165) is 38.2 Å². The molecule has 5 nitrogen and oxygen atoms in total. The van der Waals surface area contributed by atoms with Crippen LogP contribution in [0, 0.1) is 0 Å². The second-order valence-corrected chi connectivity index (χ2v) is 6.85. The molecular formula is C14H23N3O2S. The number of rotatable bonds is 5. The minimum absolute atomic E-state index is 0.365. The zero-order valence-electron chi connectivity index (χ0n) is 12.1. The van der Waals surface area contributed by atoms with Gasteiger partial charge in [-0.15, -0.1) is 0 Å². The van der Waals surface area contributed by atoms with Crippen molar-refractivity contribution in [3.8, 4) is 0 Å². The lowest BCUT2D eigenvalue weighted by molar-refractivity contribution is 0.423. The summed E-state index contributed by atoms with van der Waals surface area (Å²) in [7, 11) is -1.96. The van der Waals surface area contributed by atoms with Crippen LogP contribution in [0.1, 0.15) is 19.8 Å². The van der Waals surface area contributed by atoms with Crippen molar-refractivity contribution in [1.82, 2.24) is 10.0 Å². The molecule has 1 aromatic rings. The lowest BCUT2D eigenvalue weighted by atomic mass is 10.0. The molecule has 0 spiro atoms. The second kappa shape index (κ2) is 6.56. The van der Waals surface area contributed by atoms with E-state index in [1.54, 1.807) is 12.1 Å². The molecule has 1 aliphatic rings. The number of benzene rings is 1. The molecule has 6 heteroatoms. The zero-order valence-corrected chi connectivity index (χ0v) is 12.9. The smallest absolute Gasteiger partial charge is 0.242 e. The van der Waals surface area contributed by atoms with Crippen LogP contribution in [-0.4, -0.2) is 41.1 Å². The van der Waals surface area contributed by atoms with Crippen LogP contribution in [0.2, 0.25) is 0 Å². The predicted molar refractivity (Wildman–Crippen MR) is 81.6 cm³/mol. The van der Waals surface area contributed by atoms with Crippen molar-refractivity contribution < 1.29 is 8.42 Å². The van der Waals surface area contributed by atoms with Gasteiger partial charge in [-0.05, 0) is 38.6 Å². The summed E-state index contributed by atoms with van der Waals surface area (Å²) in [4.78, 5) is 2.53. The van der Waals surface area contributed by atoms with E-state index < -0.39 is 10.0 Å². The van der Waals surface area contributed by atoms with Gasteiger partial charge in [-0.1, -0.05) is 19.1 Å². The topological polar surface area (TPSA) is 61.4 Å². The van der Waals surface area contributed by atoms with Crippen LogP contribution in [0.4, 0.5) is 5.69 Å². The molecule has 1 aliphatic heterocycles. The first kappa shape index (κ1) is 15.3. The van der Waals surface area contributed by atoms with Crippen molar-refractivity contribution in [2.75, 3.05) is 31.6 Å². The van der Waals surface area contributed by atoms with Crippen LogP contribution in [-0.2, 0) is 10.0 Å². The molecule has 1 heterocycles. The summed E-state index contributed by atoms with van der Waals surface area (Å²) in [6.07, 6.45) is 2.09. The summed E-state index contributed by atoms with van der Waals surface area (Å²) >= 11 is 0. The molecule has 2 rings (SSSR count). The summed E-state index contributed by atoms with van der Waals surface area (Å²) in [5.41, 5.74) is 0.803. The van der Waals surface area contributed by atoms with Crippen molar-refractivity contribution in [3.05, 3.63) is 24.3 Å². The number of hydrogen-bond donors (Lipinski definition) is 2. The molecule has 0 bridgehead atoms. The molecule has 0 amide bonds. The fraction of sp³-hybridized carbons (Fsp3) is 0.571. The van der Waals surface area contributed by atoms with Gasteiger partial charge in [-0.3, -0.25) is 0 Å². The van der Waals surface area contributed by atoms with E-state index in [1.807, 2.05) is 12.1 Å². The van der Waals surface area contributed by atoms with Crippen LogP contribution in [0.3, 0.4) is 0 Å². The van der Waals surface area contributed by atoms with Gasteiger partial charge in [0.15, 0.2) is 0 Å². The Hall–Kier alpha value is -1.11. The monoisotopic (exact) mass is 297 g/mol. The summed E-state index contributed by atoms with van der Waals surface area (Å²) in [6.45, 7) is 4.86. The lowest BCUT2D eigenvalue weighted by Gasteiger charge is -2.34. The maximum absolute atomic E-state index is 12.1. The second-order valence-electron chi connectivity index (χ2n) is 4.99. The molecular weight excluding hydrogens is 274 g/mol. The molecule has 1 saturated heterocycles. The SMILES string of the molecule is CCNC1CCN(c2ccccc2S(=O)(=O)NC)CC1. The highest BCUT2D eigenvalue weighted by Gasteiger charge is 2.24. The average molecular weight is 297 g/mol. The number of nitrogens with one attached hydrogen (secondary N) is 2. The van der Waals surface area contributed by atoms with Crippen LogP contribution in [0.5, 0.6) is 0 Å². The number of anilines is 1. The zero-order chi connectivity index (χ0) is 14.6. The van der Waals surface area contributed by atoms with Crippen molar-refractivity contribution in [1.29, 1.82) is 0 Å². The Kier molecular flexibility index (Phi) is 5.01.